The highest BCUT2D eigenvalue weighted by Gasteiger charge is 2.24. The summed E-state index contributed by atoms with van der Waals surface area (Å²) in [4.78, 5) is 4.12. The van der Waals surface area contributed by atoms with E-state index < -0.39 is 17.6 Å². The van der Waals surface area contributed by atoms with Crippen LogP contribution in [0.25, 0.3) is 0 Å². The number of nitrogens with zero attached hydrogens (tertiary/aromatic N) is 1. The topological polar surface area (TPSA) is 94.6 Å². The minimum Gasteiger partial charge on any atom is -0.309 e. The highest BCUT2D eigenvalue weighted by molar-refractivity contribution is 7.92. The molecule has 0 fully saturated rings. The zero-order valence-electron chi connectivity index (χ0n) is 15.5. The Morgan fingerprint density at radius 1 is 1.04 bits per heavy atom. The predicted molar refractivity (Wildman–Crippen MR) is 106 cm³/mol. The van der Waals surface area contributed by atoms with Crippen molar-refractivity contribution in [3.8, 4) is 0 Å². The quantitative estimate of drug-likeness (QED) is 0.564. The monoisotopic (exact) mass is 412 g/mol. The van der Waals surface area contributed by atoms with E-state index in [1.54, 1.807) is 56.4 Å². The maximum absolute atomic E-state index is 12.6. The molecule has 0 aliphatic rings. The van der Waals surface area contributed by atoms with Crippen molar-refractivity contribution < 1.29 is 22.0 Å². The Kier molecular flexibility index (Phi) is 7.98. The Balaban J connectivity index is 1.97. The molecule has 1 N–H and O–H groups in total. The van der Waals surface area contributed by atoms with Gasteiger partial charge in [0.05, 0.1) is 25.1 Å². The lowest BCUT2D eigenvalue weighted by molar-refractivity contribution is 0.219. The van der Waals surface area contributed by atoms with Crippen LogP contribution in [0.2, 0.25) is 0 Å². The second-order valence-electron chi connectivity index (χ2n) is 5.79. The van der Waals surface area contributed by atoms with E-state index in [1.807, 2.05) is 6.07 Å². The van der Waals surface area contributed by atoms with E-state index in [2.05, 4.69) is 9.71 Å². The molecule has 0 amide bonds. The highest BCUT2D eigenvalue weighted by Crippen LogP contribution is 2.51. The van der Waals surface area contributed by atoms with Gasteiger partial charge >= 0.3 is 7.60 Å². The fraction of sp³-hybridized carbons (Fsp3) is 0.389. The van der Waals surface area contributed by atoms with Crippen molar-refractivity contribution in [1.29, 1.82) is 0 Å². The molecular formula is C18H25N2O5PS. The molecule has 1 heterocycles. The lowest BCUT2D eigenvalue weighted by Gasteiger charge is -2.17. The molecule has 148 valence electrons. The lowest BCUT2D eigenvalue weighted by atomic mass is 10.2. The van der Waals surface area contributed by atoms with Crippen LogP contribution in [-0.2, 0) is 36.2 Å². The molecule has 27 heavy (non-hydrogen) atoms. The molecule has 7 nitrogen and oxygen atoms in total. The number of nitrogens with one attached hydrogen (secondary N) is 1. The lowest BCUT2D eigenvalue weighted by Crippen LogP contribution is -2.18. The first-order chi connectivity index (χ1) is 12.9. The molecule has 1 aromatic heterocycles. The Bertz CT molecular complexity index is 847. The Labute approximate surface area is 160 Å². The van der Waals surface area contributed by atoms with Gasteiger partial charge in [-0.1, -0.05) is 18.2 Å². The normalized spacial score (nSPS) is 12.1. The number of hydrogen-bond donors (Lipinski definition) is 1. The van der Waals surface area contributed by atoms with Crippen LogP contribution in [0.4, 0.5) is 5.69 Å². The smallest absolute Gasteiger partial charge is 0.309 e. The SMILES string of the molecule is CCOP(=O)(Cc1ccc(NS(=O)(=O)CCc2ccccn2)cc1)OCC. The van der Waals surface area contributed by atoms with Gasteiger partial charge in [0, 0.05) is 24.0 Å². The van der Waals surface area contributed by atoms with Crippen LogP contribution in [0, 0.1) is 0 Å². The second kappa shape index (κ2) is 9.99. The van der Waals surface area contributed by atoms with Crippen molar-refractivity contribution in [1.82, 2.24) is 4.98 Å². The summed E-state index contributed by atoms with van der Waals surface area (Å²) in [5.41, 5.74) is 1.92. The van der Waals surface area contributed by atoms with Crippen LogP contribution < -0.4 is 4.72 Å². The fourth-order valence-electron chi connectivity index (χ4n) is 2.44. The molecule has 1 aromatic carbocycles. The van der Waals surface area contributed by atoms with E-state index in [1.165, 1.54) is 0 Å². The van der Waals surface area contributed by atoms with E-state index in [0.29, 0.717) is 25.3 Å². The molecule has 2 aromatic rings. The Hall–Kier alpha value is -1.73. The third kappa shape index (κ3) is 7.42. The molecule has 0 saturated carbocycles. The van der Waals surface area contributed by atoms with Crippen LogP contribution in [0.3, 0.4) is 0 Å². The van der Waals surface area contributed by atoms with Crippen molar-refractivity contribution in [2.75, 3.05) is 23.7 Å². The highest BCUT2D eigenvalue weighted by atomic mass is 32.2. The van der Waals surface area contributed by atoms with Crippen LogP contribution >= 0.6 is 7.60 Å². The number of sulfonamides is 1. The molecule has 0 aliphatic heterocycles. The van der Waals surface area contributed by atoms with Crippen molar-refractivity contribution in [2.24, 2.45) is 0 Å². The molecule has 0 bridgehead atoms. The van der Waals surface area contributed by atoms with Crippen LogP contribution in [0.1, 0.15) is 25.1 Å². The summed E-state index contributed by atoms with van der Waals surface area (Å²) in [5, 5.41) is 0. The molecule has 2 rings (SSSR count). The van der Waals surface area contributed by atoms with E-state index in [-0.39, 0.29) is 11.9 Å². The van der Waals surface area contributed by atoms with E-state index >= 15 is 0 Å². The van der Waals surface area contributed by atoms with Crippen LogP contribution in [0.5, 0.6) is 0 Å². The molecule has 0 spiro atoms. The predicted octanol–water partition coefficient (Wildman–Crippen LogP) is 3.83. The zero-order valence-corrected chi connectivity index (χ0v) is 17.2. The van der Waals surface area contributed by atoms with E-state index in [0.717, 1.165) is 11.3 Å². The summed E-state index contributed by atoms with van der Waals surface area (Å²) in [6.45, 7) is 4.11. The maximum Gasteiger partial charge on any atom is 0.335 e. The number of anilines is 1. The van der Waals surface area contributed by atoms with Gasteiger partial charge < -0.3 is 9.05 Å². The minimum atomic E-state index is -3.49. The second-order valence-corrected chi connectivity index (χ2v) is 9.69. The van der Waals surface area contributed by atoms with Gasteiger partial charge in [-0.25, -0.2) is 8.42 Å². The fourth-order valence-corrected chi connectivity index (χ4v) is 5.22. The largest absolute Gasteiger partial charge is 0.335 e. The first-order valence-electron chi connectivity index (χ1n) is 8.73. The summed E-state index contributed by atoms with van der Waals surface area (Å²) >= 11 is 0. The first-order valence-corrected chi connectivity index (χ1v) is 12.1. The molecule has 0 unspecified atom stereocenters. The number of aryl methyl sites for hydroxylation is 1. The van der Waals surface area contributed by atoms with Gasteiger partial charge in [0.1, 0.15) is 0 Å². The zero-order chi connectivity index (χ0) is 19.8. The third-order valence-corrected chi connectivity index (χ3v) is 6.95. The average molecular weight is 412 g/mol. The first kappa shape index (κ1) is 21.6. The summed E-state index contributed by atoms with van der Waals surface area (Å²) in [6.07, 6.45) is 2.11. The molecule has 0 aliphatic carbocycles. The summed E-state index contributed by atoms with van der Waals surface area (Å²) in [6, 6.07) is 12.1. The third-order valence-electron chi connectivity index (χ3n) is 3.61. The van der Waals surface area contributed by atoms with Gasteiger partial charge in [-0.15, -0.1) is 0 Å². The van der Waals surface area contributed by atoms with E-state index in [4.69, 9.17) is 9.05 Å². The number of hydrogen-bond acceptors (Lipinski definition) is 6. The molecular weight excluding hydrogens is 387 g/mol. The molecule has 0 saturated heterocycles. The summed E-state index contributed by atoms with van der Waals surface area (Å²) < 4.78 is 50.1. The van der Waals surface area contributed by atoms with Crippen molar-refractivity contribution in [3.05, 3.63) is 59.9 Å². The van der Waals surface area contributed by atoms with Crippen molar-refractivity contribution >= 4 is 23.3 Å². The molecule has 0 atom stereocenters. The average Bonchev–Trinajstić information content (AvgIpc) is 2.63. The van der Waals surface area contributed by atoms with E-state index in [9.17, 15) is 13.0 Å². The summed E-state index contributed by atoms with van der Waals surface area (Å²) in [5.74, 6) is -0.0599. The van der Waals surface area contributed by atoms with Crippen LogP contribution in [0.15, 0.2) is 48.7 Å². The van der Waals surface area contributed by atoms with Gasteiger partial charge in [0.25, 0.3) is 0 Å². The number of rotatable bonds is 11. The van der Waals surface area contributed by atoms with Crippen molar-refractivity contribution in [3.63, 3.8) is 0 Å². The van der Waals surface area contributed by atoms with Crippen LogP contribution in [-0.4, -0.2) is 32.4 Å². The minimum absolute atomic E-state index is 0.0599. The Morgan fingerprint density at radius 3 is 2.26 bits per heavy atom. The standard InChI is InChI=1S/C18H25N2O5PS/c1-3-24-26(21,25-4-2)15-16-8-10-18(11-9-16)20-27(22,23)14-12-17-7-5-6-13-19-17/h5-11,13,20H,3-4,12,14-15H2,1-2H3. The molecule has 0 radical (unpaired) electrons. The summed E-state index contributed by atoms with van der Waals surface area (Å²) in [7, 11) is -6.68. The molecule has 9 heteroatoms. The van der Waals surface area contributed by atoms with Gasteiger partial charge in [-0.2, -0.15) is 0 Å². The van der Waals surface area contributed by atoms with Gasteiger partial charge in [0.15, 0.2) is 0 Å². The maximum atomic E-state index is 12.6. The number of pyridine rings is 1. The van der Waals surface area contributed by atoms with Gasteiger partial charge in [0.2, 0.25) is 10.0 Å². The Morgan fingerprint density at radius 2 is 1.70 bits per heavy atom. The van der Waals surface area contributed by atoms with Gasteiger partial charge in [-0.05, 0) is 43.7 Å². The van der Waals surface area contributed by atoms with Crippen molar-refractivity contribution in [2.45, 2.75) is 26.4 Å². The number of aromatic nitrogens is 1. The number of benzene rings is 1. The van der Waals surface area contributed by atoms with Gasteiger partial charge in [-0.3, -0.25) is 14.3 Å².